The fraction of sp³-hybridized carbons (Fsp3) is 0.200. The van der Waals surface area contributed by atoms with Crippen LogP contribution in [0.15, 0.2) is 40.5 Å². The molecule has 0 atom stereocenters. The summed E-state index contributed by atoms with van der Waals surface area (Å²) in [5.74, 6) is -0.567. The molecule has 2 heterocycles. The average molecular weight is 315 g/mol. The Morgan fingerprint density at radius 1 is 1.55 bits per heavy atom. The maximum absolute atomic E-state index is 12.1. The summed E-state index contributed by atoms with van der Waals surface area (Å²) >= 11 is 1.06. The van der Waals surface area contributed by atoms with Crippen LogP contribution in [0.25, 0.3) is 0 Å². The van der Waals surface area contributed by atoms with Gasteiger partial charge in [-0.25, -0.2) is 9.78 Å². The zero-order valence-corrected chi connectivity index (χ0v) is 12.9. The number of esters is 1. The second-order valence-corrected chi connectivity index (χ2v) is 5.28. The molecule has 0 saturated carbocycles. The summed E-state index contributed by atoms with van der Waals surface area (Å²) in [5, 5.41) is 21.5. The Kier molecular flexibility index (Phi) is 4.96. The first-order valence-electron chi connectivity index (χ1n) is 6.51. The van der Waals surface area contributed by atoms with Crippen LogP contribution in [0.4, 0.5) is 0 Å². The van der Waals surface area contributed by atoms with Gasteiger partial charge < -0.3 is 9.94 Å². The standard InChI is InChI=1S/C15H13N3O3S/c1-3-21-15(19)12-8-11(9-16)10(2)17-14(12)22-13-6-4-5-7-18(13)20/h4-8H,3H2,1-2H3. The monoisotopic (exact) mass is 315 g/mol. The molecule has 0 aliphatic carbocycles. The van der Waals surface area contributed by atoms with Gasteiger partial charge in [0.25, 0.3) is 5.03 Å². The lowest BCUT2D eigenvalue weighted by atomic mass is 10.1. The number of aromatic nitrogens is 2. The number of carbonyl (C=O) groups is 1. The van der Waals surface area contributed by atoms with E-state index in [9.17, 15) is 10.0 Å². The predicted octanol–water partition coefficient (Wildman–Crippen LogP) is 2.22. The van der Waals surface area contributed by atoms with Crippen molar-refractivity contribution in [2.45, 2.75) is 23.9 Å². The van der Waals surface area contributed by atoms with E-state index >= 15 is 0 Å². The number of nitrogens with zero attached hydrogens (tertiary/aromatic N) is 3. The second-order valence-electron chi connectivity index (χ2n) is 4.27. The first-order chi connectivity index (χ1) is 10.6. The minimum absolute atomic E-state index is 0.179. The predicted molar refractivity (Wildman–Crippen MR) is 79.2 cm³/mol. The molecule has 0 bridgehead atoms. The lowest BCUT2D eigenvalue weighted by molar-refractivity contribution is -0.645. The van der Waals surface area contributed by atoms with Crippen molar-refractivity contribution in [3.8, 4) is 6.07 Å². The molecule has 0 saturated heterocycles. The van der Waals surface area contributed by atoms with Crippen LogP contribution in [-0.2, 0) is 4.74 Å². The summed E-state index contributed by atoms with van der Waals surface area (Å²) in [6.45, 7) is 3.58. The van der Waals surface area contributed by atoms with Crippen LogP contribution in [0.1, 0.15) is 28.5 Å². The van der Waals surface area contributed by atoms with Gasteiger partial charge in [0.15, 0.2) is 6.20 Å². The molecule has 0 aliphatic rings. The quantitative estimate of drug-likeness (QED) is 0.488. The molecular weight excluding hydrogens is 302 g/mol. The third-order valence-corrected chi connectivity index (χ3v) is 3.81. The average Bonchev–Trinajstić information content (AvgIpc) is 2.50. The molecule has 0 spiro atoms. The normalized spacial score (nSPS) is 10.0. The van der Waals surface area contributed by atoms with Gasteiger partial charge >= 0.3 is 5.97 Å². The van der Waals surface area contributed by atoms with Crippen molar-refractivity contribution in [2.75, 3.05) is 6.61 Å². The summed E-state index contributed by atoms with van der Waals surface area (Å²) in [4.78, 5) is 16.3. The molecule has 0 unspecified atom stereocenters. The van der Waals surface area contributed by atoms with E-state index in [0.29, 0.717) is 26.0 Å². The number of aryl methyl sites for hydroxylation is 1. The summed E-state index contributed by atoms with van der Waals surface area (Å²) in [5.41, 5.74) is 0.972. The number of hydrogen-bond donors (Lipinski definition) is 0. The molecule has 0 amide bonds. The van der Waals surface area contributed by atoms with E-state index < -0.39 is 5.97 Å². The van der Waals surface area contributed by atoms with E-state index in [4.69, 9.17) is 10.00 Å². The van der Waals surface area contributed by atoms with Crippen LogP contribution in [0.5, 0.6) is 0 Å². The molecule has 0 aliphatic heterocycles. The summed E-state index contributed by atoms with van der Waals surface area (Å²) in [6.07, 6.45) is 1.36. The molecular formula is C15H13N3O3S. The van der Waals surface area contributed by atoms with Crippen molar-refractivity contribution >= 4 is 17.7 Å². The van der Waals surface area contributed by atoms with Crippen LogP contribution >= 0.6 is 11.8 Å². The summed E-state index contributed by atoms with van der Waals surface area (Å²) in [7, 11) is 0. The molecule has 0 radical (unpaired) electrons. The molecule has 2 rings (SSSR count). The molecule has 6 nitrogen and oxygen atoms in total. The third kappa shape index (κ3) is 3.35. The summed E-state index contributed by atoms with van der Waals surface area (Å²) < 4.78 is 5.68. The van der Waals surface area contributed by atoms with Gasteiger partial charge in [0, 0.05) is 23.9 Å². The fourth-order valence-electron chi connectivity index (χ4n) is 1.72. The van der Waals surface area contributed by atoms with Crippen LogP contribution in [-0.4, -0.2) is 17.6 Å². The highest BCUT2D eigenvalue weighted by atomic mass is 32.2. The van der Waals surface area contributed by atoms with Gasteiger partial charge in [-0.1, -0.05) is 0 Å². The van der Waals surface area contributed by atoms with Crippen molar-refractivity contribution in [3.63, 3.8) is 0 Å². The van der Waals surface area contributed by atoms with Crippen LogP contribution < -0.4 is 4.73 Å². The number of rotatable bonds is 4. The zero-order valence-electron chi connectivity index (χ0n) is 12.1. The smallest absolute Gasteiger partial charge is 0.340 e. The van der Waals surface area contributed by atoms with Crippen molar-refractivity contribution in [1.29, 1.82) is 5.26 Å². The minimum atomic E-state index is -0.567. The Hall–Kier alpha value is -2.59. The molecule has 0 fully saturated rings. The number of hydrogen-bond acceptors (Lipinski definition) is 6. The number of nitriles is 1. The minimum Gasteiger partial charge on any atom is -0.618 e. The molecule has 7 heteroatoms. The van der Waals surface area contributed by atoms with Crippen molar-refractivity contribution in [2.24, 2.45) is 0 Å². The maximum atomic E-state index is 12.1. The van der Waals surface area contributed by atoms with Crippen LogP contribution in [0, 0.1) is 23.5 Å². The first kappa shape index (κ1) is 15.8. The lowest BCUT2D eigenvalue weighted by Crippen LogP contribution is -2.27. The SMILES string of the molecule is CCOC(=O)c1cc(C#N)c(C)nc1Sc1cccc[n+]1[O-]. The van der Waals surface area contributed by atoms with E-state index in [0.717, 1.165) is 11.8 Å². The van der Waals surface area contributed by atoms with Gasteiger partial charge in [-0.05, 0) is 26.0 Å². The first-order valence-corrected chi connectivity index (χ1v) is 7.33. The van der Waals surface area contributed by atoms with Gasteiger partial charge in [0.2, 0.25) is 0 Å². The van der Waals surface area contributed by atoms with Crippen LogP contribution in [0.2, 0.25) is 0 Å². The summed E-state index contributed by atoms with van der Waals surface area (Å²) in [6, 6.07) is 8.39. The topological polar surface area (TPSA) is 89.9 Å². The van der Waals surface area contributed by atoms with Crippen molar-refractivity contribution < 1.29 is 14.3 Å². The van der Waals surface area contributed by atoms with Crippen molar-refractivity contribution in [3.05, 3.63) is 52.5 Å². The largest absolute Gasteiger partial charge is 0.618 e. The highest BCUT2D eigenvalue weighted by molar-refractivity contribution is 7.99. The van der Waals surface area contributed by atoms with Gasteiger partial charge in [-0.15, -0.1) is 0 Å². The molecule has 0 aromatic carbocycles. The molecule has 0 N–H and O–H groups in total. The second kappa shape index (κ2) is 6.91. The fourth-order valence-corrected chi connectivity index (χ4v) is 2.65. The number of carbonyl (C=O) groups excluding carboxylic acids is 1. The molecule has 2 aromatic rings. The lowest BCUT2D eigenvalue weighted by Gasteiger charge is -2.09. The Labute approximate surface area is 132 Å². The maximum Gasteiger partial charge on any atom is 0.340 e. The molecule has 22 heavy (non-hydrogen) atoms. The number of ether oxygens (including phenoxy) is 1. The van der Waals surface area contributed by atoms with Gasteiger partial charge in [0.1, 0.15) is 11.1 Å². The Morgan fingerprint density at radius 3 is 2.95 bits per heavy atom. The van der Waals surface area contributed by atoms with Gasteiger partial charge in [0.05, 0.1) is 23.4 Å². The van der Waals surface area contributed by atoms with E-state index in [2.05, 4.69) is 4.98 Å². The molecule has 2 aromatic heterocycles. The van der Waals surface area contributed by atoms with Crippen LogP contribution in [0.3, 0.4) is 0 Å². The Balaban J connectivity index is 2.49. The van der Waals surface area contributed by atoms with E-state index in [1.807, 2.05) is 6.07 Å². The van der Waals surface area contributed by atoms with E-state index in [1.54, 1.807) is 32.0 Å². The zero-order chi connectivity index (χ0) is 16.1. The Morgan fingerprint density at radius 2 is 2.32 bits per heavy atom. The van der Waals surface area contributed by atoms with Gasteiger partial charge in [-0.2, -0.15) is 9.99 Å². The van der Waals surface area contributed by atoms with Crippen molar-refractivity contribution in [1.82, 2.24) is 4.98 Å². The van der Waals surface area contributed by atoms with E-state index in [-0.39, 0.29) is 12.2 Å². The van der Waals surface area contributed by atoms with E-state index in [1.165, 1.54) is 12.3 Å². The highest BCUT2D eigenvalue weighted by Crippen LogP contribution is 2.28. The number of pyridine rings is 2. The highest BCUT2D eigenvalue weighted by Gasteiger charge is 2.20. The van der Waals surface area contributed by atoms with Gasteiger partial charge in [-0.3, -0.25) is 0 Å². The molecule has 112 valence electrons. The Bertz CT molecular complexity index is 756. The third-order valence-electron chi connectivity index (χ3n) is 2.78.